The van der Waals surface area contributed by atoms with Gasteiger partial charge in [-0.3, -0.25) is 4.79 Å². The number of carboxylic acid groups (broad SMARTS) is 1. The average Bonchev–Trinajstić information content (AvgIpc) is 1.84. The second kappa shape index (κ2) is 7.55. The van der Waals surface area contributed by atoms with E-state index in [-0.39, 0.29) is 0 Å². The van der Waals surface area contributed by atoms with Gasteiger partial charge in [-0.05, 0) is 19.8 Å². The molecule has 0 bridgehead atoms. The molecular formula is C10H18O3. The van der Waals surface area contributed by atoms with Gasteiger partial charge in [0.15, 0.2) is 0 Å². The quantitative estimate of drug-likeness (QED) is 0.660. The van der Waals surface area contributed by atoms with E-state index in [1.54, 1.807) is 19.1 Å². The lowest BCUT2D eigenvalue weighted by atomic mass is 9.99. The zero-order valence-electron chi connectivity index (χ0n) is 8.29. The highest BCUT2D eigenvalue weighted by molar-refractivity contribution is 5.62. The molecule has 0 unspecified atom stereocenters. The van der Waals surface area contributed by atoms with Crippen molar-refractivity contribution in [2.24, 2.45) is 0 Å². The third-order valence-corrected chi connectivity index (χ3v) is 1.17. The summed E-state index contributed by atoms with van der Waals surface area (Å²) in [5.74, 6) is -0.833. The number of rotatable bonds is 4. The molecule has 3 nitrogen and oxygen atoms in total. The van der Waals surface area contributed by atoms with Crippen LogP contribution in [0.1, 0.15) is 26.7 Å². The van der Waals surface area contributed by atoms with Crippen LogP contribution in [0.15, 0.2) is 25.3 Å². The Balaban J connectivity index is 0. The summed E-state index contributed by atoms with van der Waals surface area (Å²) in [6, 6.07) is 0. The number of carboxylic acids is 1. The predicted molar refractivity (Wildman–Crippen MR) is 53.6 cm³/mol. The van der Waals surface area contributed by atoms with Crippen molar-refractivity contribution in [3.05, 3.63) is 25.3 Å². The molecule has 0 amide bonds. The molecule has 0 heterocycles. The van der Waals surface area contributed by atoms with E-state index >= 15 is 0 Å². The van der Waals surface area contributed by atoms with E-state index in [0.717, 1.165) is 6.92 Å². The van der Waals surface area contributed by atoms with Crippen LogP contribution >= 0.6 is 0 Å². The van der Waals surface area contributed by atoms with Gasteiger partial charge >= 0.3 is 0 Å². The maximum absolute atomic E-state index is 9.37. The van der Waals surface area contributed by atoms with Crippen molar-refractivity contribution in [2.75, 3.05) is 0 Å². The number of aliphatic carboxylic acids is 1. The van der Waals surface area contributed by atoms with Crippen LogP contribution in [0.25, 0.3) is 0 Å². The fourth-order valence-electron chi connectivity index (χ4n) is 0.705. The molecule has 0 aromatic rings. The van der Waals surface area contributed by atoms with Crippen LogP contribution in [-0.2, 0) is 4.79 Å². The Hall–Kier alpha value is -1.09. The summed E-state index contributed by atoms with van der Waals surface area (Å²) >= 11 is 0. The summed E-state index contributed by atoms with van der Waals surface area (Å²) in [6.07, 6.45) is 4.67. The Bertz CT molecular complexity index is 155. The summed E-state index contributed by atoms with van der Waals surface area (Å²) in [7, 11) is 0. The number of aliphatic hydroxyl groups is 1. The molecule has 0 saturated carbocycles. The van der Waals surface area contributed by atoms with Crippen molar-refractivity contribution in [1.29, 1.82) is 0 Å². The molecule has 0 aliphatic carbocycles. The Morgan fingerprint density at radius 2 is 1.62 bits per heavy atom. The first-order chi connectivity index (χ1) is 5.85. The van der Waals surface area contributed by atoms with Gasteiger partial charge in [0.2, 0.25) is 0 Å². The van der Waals surface area contributed by atoms with Crippen LogP contribution in [0.4, 0.5) is 0 Å². The molecule has 0 saturated heterocycles. The first-order valence-electron chi connectivity index (χ1n) is 3.99. The third kappa shape index (κ3) is 18.1. The van der Waals surface area contributed by atoms with E-state index in [1.165, 1.54) is 0 Å². The van der Waals surface area contributed by atoms with E-state index in [4.69, 9.17) is 9.90 Å². The van der Waals surface area contributed by atoms with E-state index in [0.29, 0.717) is 12.8 Å². The SMILES string of the molecule is C=CCC(C)(O)CC=C.CC(=O)O. The van der Waals surface area contributed by atoms with Crippen LogP contribution in [0.2, 0.25) is 0 Å². The third-order valence-electron chi connectivity index (χ3n) is 1.17. The first-order valence-corrected chi connectivity index (χ1v) is 3.99. The highest BCUT2D eigenvalue weighted by Crippen LogP contribution is 2.14. The van der Waals surface area contributed by atoms with Gasteiger partial charge in [0.1, 0.15) is 0 Å². The molecule has 0 radical (unpaired) electrons. The Morgan fingerprint density at radius 1 is 1.38 bits per heavy atom. The summed E-state index contributed by atoms with van der Waals surface area (Å²) < 4.78 is 0. The number of hydrogen-bond donors (Lipinski definition) is 2. The molecule has 0 aromatic carbocycles. The minimum atomic E-state index is -0.833. The van der Waals surface area contributed by atoms with Crippen molar-refractivity contribution in [1.82, 2.24) is 0 Å². The van der Waals surface area contributed by atoms with Crippen LogP contribution in [0.5, 0.6) is 0 Å². The maximum Gasteiger partial charge on any atom is 0.300 e. The molecule has 0 rings (SSSR count). The lowest BCUT2D eigenvalue weighted by molar-refractivity contribution is -0.134. The standard InChI is InChI=1S/C8H14O.C2H4O2/c1-4-6-8(3,9)7-5-2;1-2(3)4/h4-5,9H,1-2,6-7H2,3H3;1H3,(H,3,4). The monoisotopic (exact) mass is 186 g/mol. The molecular weight excluding hydrogens is 168 g/mol. The van der Waals surface area contributed by atoms with Crippen LogP contribution in [0, 0.1) is 0 Å². The molecule has 3 heteroatoms. The van der Waals surface area contributed by atoms with E-state index < -0.39 is 11.6 Å². The van der Waals surface area contributed by atoms with Crippen LogP contribution < -0.4 is 0 Å². The van der Waals surface area contributed by atoms with Crippen LogP contribution in [-0.4, -0.2) is 21.8 Å². The fraction of sp³-hybridized carbons (Fsp3) is 0.500. The first kappa shape index (κ1) is 14.4. The van der Waals surface area contributed by atoms with Crippen molar-refractivity contribution < 1.29 is 15.0 Å². The molecule has 0 atom stereocenters. The number of hydrogen-bond acceptors (Lipinski definition) is 2. The van der Waals surface area contributed by atoms with Gasteiger partial charge in [0.25, 0.3) is 5.97 Å². The molecule has 0 aromatic heterocycles. The molecule has 2 N–H and O–H groups in total. The van der Waals surface area contributed by atoms with Gasteiger partial charge in [-0.25, -0.2) is 0 Å². The van der Waals surface area contributed by atoms with Crippen molar-refractivity contribution in [3.63, 3.8) is 0 Å². The smallest absolute Gasteiger partial charge is 0.300 e. The van der Waals surface area contributed by atoms with Gasteiger partial charge in [-0.15, -0.1) is 13.2 Å². The minimum absolute atomic E-state index is 0.624. The van der Waals surface area contributed by atoms with Crippen molar-refractivity contribution >= 4 is 5.97 Å². The molecule has 13 heavy (non-hydrogen) atoms. The van der Waals surface area contributed by atoms with E-state index in [2.05, 4.69) is 13.2 Å². The minimum Gasteiger partial charge on any atom is -0.481 e. The lowest BCUT2D eigenvalue weighted by Gasteiger charge is -2.18. The molecule has 0 spiro atoms. The van der Waals surface area contributed by atoms with Crippen molar-refractivity contribution in [3.8, 4) is 0 Å². The maximum atomic E-state index is 9.37. The highest BCUT2D eigenvalue weighted by Gasteiger charge is 2.14. The summed E-state index contributed by atoms with van der Waals surface area (Å²) in [6.45, 7) is 9.93. The number of carbonyl (C=O) groups is 1. The van der Waals surface area contributed by atoms with Gasteiger partial charge in [0.05, 0.1) is 5.60 Å². The molecule has 0 aliphatic rings. The summed E-state index contributed by atoms with van der Waals surface area (Å²) in [5, 5.41) is 16.8. The van der Waals surface area contributed by atoms with E-state index in [9.17, 15) is 5.11 Å². The largest absolute Gasteiger partial charge is 0.481 e. The second-order valence-corrected chi connectivity index (χ2v) is 3.00. The van der Waals surface area contributed by atoms with E-state index in [1.807, 2.05) is 0 Å². The highest BCUT2D eigenvalue weighted by atomic mass is 16.4. The van der Waals surface area contributed by atoms with Gasteiger partial charge in [-0.1, -0.05) is 12.2 Å². The normalized spacial score (nSPS) is 9.46. The predicted octanol–water partition coefficient (Wildman–Crippen LogP) is 1.98. The Morgan fingerprint density at radius 3 is 1.77 bits per heavy atom. The lowest BCUT2D eigenvalue weighted by Crippen LogP contribution is -2.21. The summed E-state index contributed by atoms with van der Waals surface area (Å²) in [4.78, 5) is 9.00. The second-order valence-electron chi connectivity index (χ2n) is 3.00. The fourth-order valence-corrected chi connectivity index (χ4v) is 0.705. The van der Waals surface area contributed by atoms with Crippen LogP contribution in [0.3, 0.4) is 0 Å². The zero-order chi connectivity index (χ0) is 10.9. The molecule has 0 aliphatic heterocycles. The molecule has 76 valence electrons. The van der Waals surface area contributed by atoms with Gasteiger partial charge in [-0.2, -0.15) is 0 Å². The average molecular weight is 186 g/mol. The Labute approximate surface area is 79.4 Å². The molecule has 0 fully saturated rings. The summed E-state index contributed by atoms with van der Waals surface area (Å²) in [5.41, 5.74) is -0.635. The van der Waals surface area contributed by atoms with Gasteiger partial charge in [0, 0.05) is 6.92 Å². The Kier molecular flexibility index (Phi) is 8.39. The van der Waals surface area contributed by atoms with Crippen molar-refractivity contribution in [2.45, 2.75) is 32.3 Å². The topological polar surface area (TPSA) is 57.5 Å². The van der Waals surface area contributed by atoms with Gasteiger partial charge < -0.3 is 10.2 Å². The zero-order valence-corrected chi connectivity index (χ0v) is 8.29.